The van der Waals surface area contributed by atoms with Gasteiger partial charge in [0.2, 0.25) is 0 Å². The van der Waals surface area contributed by atoms with E-state index in [1.807, 2.05) is 50.2 Å². The molecule has 0 heterocycles. The van der Waals surface area contributed by atoms with E-state index in [0.717, 1.165) is 27.3 Å². The Morgan fingerprint density at radius 1 is 0.850 bits per heavy atom. The number of benzene rings is 3. The summed E-state index contributed by atoms with van der Waals surface area (Å²) in [5.41, 5.74) is 1.80. The number of hydrogen-bond acceptors (Lipinski definition) is 1. The number of carbonyl (C=O) groups is 1. The van der Waals surface area contributed by atoms with Crippen molar-refractivity contribution < 1.29 is 4.79 Å². The van der Waals surface area contributed by atoms with Crippen molar-refractivity contribution >= 4 is 27.3 Å². The van der Waals surface area contributed by atoms with Crippen LogP contribution in [0.5, 0.6) is 0 Å². The van der Waals surface area contributed by atoms with E-state index in [-0.39, 0.29) is 5.78 Å². The van der Waals surface area contributed by atoms with Crippen LogP contribution in [0.25, 0.3) is 21.5 Å². The zero-order chi connectivity index (χ0) is 14.1. The molecule has 0 saturated carbocycles. The summed E-state index contributed by atoms with van der Waals surface area (Å²) in [6.45, 7) is 3.89. The molecule has 1 heteroatoms. The van der Waals surface area contributed by atoms with Crippen LogP contribution in [0.1, 0.15) is 24.2 Å². The SMILES string of the molecule is CC(C)=CC(=O)c1cc2ccccc2c2ccccc12. The van der Waals surface area contributed by atoms with Crippen LogP contribution >= 0.6 is 0 Å². The number of allylic oxidation sites excluding steroid dienone is 2. The number of carbonyl (C=O) groups excluding carboxylic acids is 1. The smallest absolute Gasteiger partial charge is 0.186 e. The molecule has 0 saturated heterocycles. The molecule has 0 atom stereocenters. The third-order valence-corrected chi connectivity index (χ3v) is 3.45. The van der Waals surface area contributed by atoms with E-state index in [2.05, 4.69) is 18.2 Å². The number of fused-ring (bicyclic) bond motifs is 3. The van der Waals surface area contributed by atoms with Gasteiger partial charge in [-0.15, -0.1) is 0 Å². The van der Waals surface area contributed by atoms with E-state index in [4.69, 9.17) is 0 Å². The summed E-state index contributed by atoms with van der Waals surface area (Å²) in [5, 5.41) is 4.46. The third-order valence-electron chi connectivity index (χ3n) is 3.45. The van der Waals surface area contributed by atoms with Gasteiger partial charge in [-0.1, -0.05) is 54.1 Å². The Morgan fingerprint density at radius 3 is 2.15 bits per heavy atom. The van der Waals surface area contributed by atoms with Gasteiger partial charge >= 0.3 is 0 Å². The van der Waals surface area contributed by atoms with Crippen LogP contribution in [0.4, 0.5) is 0 Å². The first-order valence-corrected chi connectivity index (χ1v) is 6.76. The molecule has 0 aliphatic carbocycles. The number of hydrogen-bond donors (Lipinski definition) is 0. The second-order valence-electron chi connectivity index (χ2n) is 5.28. The Hall–Kier alpha value is -2.41. The lowest BCUT2D eigenvalue weighted by atomic mass is 9.95. The van der Waals surface area contributed by atoms with E-state index >= 15 is 0 Å². The van der Waals surface area contributed by atoms with Gasteiger partial charge in [-0.3, -0.25) is 4.79 Å². The minimum Gasteiger partial charge on any atom is -0.289 e. The molecule has 20 heavy (non-hydrogen) atoms. The van der Waals surface area contributed by atoms with Crippen molar-refractivity contribution in [1.29, 1.82) is 0 Å². The Labute approximate surface area is 118 Å². The van der Waals surface area contributed by atoms with Crippen molar-refractivity contribution in [3.05, 3.63) is 71.8 Å². The van der Waals surface area contributed by atoms with E-state index in [0.29, 0.717) is 0 Å². The molecule has 98 valence electrons. The molecular formula is C19H16O. The predicted octanol–water partition coefficient (Wildman–Crippen LogP) is 5.14. The number of ketones is 1. The average Bonchev–Trinajstić information content (AvgIpc) is 2.45. The van der Waals surface area contributed by atoms with Crippen LogP contribution in [0, 0.1) is 0 Å². The second-order valence-corrected chi connectivity index (χ2v) is 5.28. The highest BCUT2D eigenvalue weighted by atomic mass is 16.1. The lowest BCUT2D eigenvalue weighted by molar-refractivity contribution is 0.104. The first-order valence-electron chi connectivity index (χ1n) is 6.76. The van der Waals surface area contributed by atoms with Gasteiger partial charge in [-0.2, -0.15) is 0 Å². The molecule has 0 aliphatic heterocycles. The van der Waals surface area contributed by atoms with Gasteiger partial charge in [0.05, 0.1) is 0 Å². The molecule has 0 N–H and O–H groups in total. The molecule has 3 rings (SSSR count). The van der Waals surface area contributed by atoms with Crippen LogP contribution < -0.4 is 0 Å². The van der Waals surface area contributed by atoms with Gasteiger partial charge in [0.1, 0.15) is 0 Å². The summed E-state index contributed by atoms with van der Waals surface area (Å²) in [5.74, 6) is 0.0759. The van der Waals surface area contributed by atoms with Crippen molar-refractivity contribution in [2.75, 3.05) is 0 Å². The zero-order valence-electron chi connectivity index (χ0n) is 11.7. The highest BCUT2D eigenvalue weighted by Crippen LogP contribution is 2.29. The van der Waals surface area contributed by atoms with E-state index in [1.165, 1.54) is 5.39 Å². The van der Waals surface area contributed by atoms with Crippen LogP contribution in [-0.2, 0) is 0 Å². The molecule has 3 aromatic rings. The van der Waals surface area contributed by atoms with Gasteiger partial charge in [0.25, 0.3) is 0 Å². The van der Waals surface area contributed by atoms with Crippen molar-refractivity contribution in [3.8, 4) is 0 Å². The normalized spacial score (nSPS) is 10.7. The maximum absolute atomic E-state index is 12.4. The second kappa shape index (κ2) is 4.93. The Morgan fingerprint density at radius 2 is 1.45 bits per heavy atom. The van der Waals surface area contributed by atoms with Gasteiger partial charge < -0.3 is 0 Å². The molecule has 0 aromatic heterocycles. The molecule has 0 bridgehead atoms. The summed E-state index contributed by atoms with van der Waals surface area (Å²) < 4.78 is 0. The molecule has 0 spiro atoms. The lowest BCUT2D eigenvalue weighted by Crippen LogP contribution is -1.97. The van der Waals surface area contributed by atoms with E-state index < -0.39 is 0 Å². The van der Waals surface area contributed by atoms with Gasteiger partial charge in [0.15, 0.2) is 5.78 Å². The summed E-state index contributed by atoms with van der Waals surface area (Å²) >= 11 is 0. The van der Waals surface area contributed by atoms with Crippen molar-refractivity contribution in [2.45, 2.75) is 13.8 Å². The summed E-state index contributed by atoms with van der Waals surface area (Å²) in [6, 6.07) is 18.3. The van der Waals surface area contributed by atoms with E-state index in [1.54, 1.807) is 6.08 Å². The minimum atomic E-state index is 0.0759. The van der Waals surface area contributed by atoms with Crippen molar-refractivity contribution in [3.63, 3.8) is 0 Å². The van der Waals surface area contributed by atoms with Crippen molar-refractivity contribution in [1.82, 2.24) is 0 Å². The summed E-state index contributed by atoms with van der Waals surface area (Å²) in [4.78, 5) is 12.4. The predicted molar refractivity (Wildman–Crippen MR) is 85.2 cm³/mol. The average molecular weight is 260 g/mol. The molecule has 0 amide bonds. The first-order chi connectivity index (χ1) is 9.66. The fraction of sp³-hybridized carbons (Fsp3) is 0.105. The molecular weight excluding hydrogens is 244 g/mol. The Balaban J connectivity index is 2.40. The van der Waals surface area contributed by atoms with Crippen LogP contribution in [0.2, 0.25) is 0 Å². The molecule has 3 aromatic carbocycles. The highest BCUT2D eigenvalue weighted by molar-refractivity contribution is 6.20. The van der Waals surface area contributed by atoms with Gasteiger partial charge in [-0.05, 0) is 47.5 Å². The first kappa shape index (κ1) is 12.6. The standard InChI is InChI=1S/C19H16O/c1-13(2)11-19(20)18-12-14-7-3-4-8-15(14)16-9-5-6-10-17(16)18/h3-12H,1-2H3. The quantitative estimate of drug-likeness (QED) is 0.354. The maximum Gasteiger partial charge on any atom is 0.186 e. The molecule has 1 nitrogen and oxygen atoms in total. The molecule has 0 radical (unpaired) electrons. The van der Waals surface area contributed by atoms with Gasteiger partial charge in [0, 0.05) is 5.56 Å². The highest BCUT2D eigenvalue weighted by Gasteiger charge is 2.10. The summed E-state index contributed by atoms with van der Waals surface area (Å²) in [6.07, 6.45) is 1.70. The maximum atomic E-state index is 12.4. The zero-order valence-corrected chi connectivity index (χ0v) is 11.7. The fourth-order valence-corrected chi connectivity index (χ4v) is 2.60. The van der Waals surface area contributed by atoms with Crippen LogP contribution in [-0.4, -0.2) is 5.78 Å². The molecule has 0 fully saturated rings. The third kappa shape index (κ3) is 2.12. The largest absolute Gasteiger partial charge is 0.289 e. The Kier molecular flexibility index (Phi) is 3.11. The number of rotatable bonds is 2. The molecule has 0 unspecified atom stereocenters. The monoisotopic (exact) mass is 260 g/mol. The van der Waals surface area contributed by atoms with Crippen molar-refractivity contribution in [2.24, 2.45) is 0 Å². The van der Waals surface area contributed by atoms with Crippen LogP contribution in [0.15, 0.2) is 66.2 Å². The Bertz CT molecular complexity index is 837. The minimum absolute atomic E-state index is 0.0759. The van der Waals surface area contributed by atoms with Crippen LogP contribution in [0.3, 0.4) is 0 Å². The topological polar surface area (TPSA) is 17.1 Å². The lowest BCUT2D eigenvalue weighted by Gasteiger charge is -2.08. The van der Waals surface area contributed by atoms with E-state index in [9.17, 15) is 4.79 Å². The van der Waals surface area contributed by atoms with Gasteiger partial charge in [-0.25, -0.2) is 0 Å². The summed E-state index contributed by atoms with van der Waals surface area (Å²) in [7, 11) is 0. The molecule has 0 aliphatic rings. The fourth-order valence-electron chi connectivity index (χ4n) is 2.60.